The highest BCUT2D eigenvalue weighted by molar-refractivity contribution is 5.91. The fourth-order valence-electron chi connectivity index (χ4n) is 4.04. The van der Waals surface area contributed by atoms with Crippen molar-refractivity contribution in [2.45, 2.75) is 38.7 Å². The maximum Gasteiger partial charge on any atom is 0.303 e. The second-order valence-electron chi connectivity index (χ2n) is 5.85. The van der Waals surface area contributed by atoms with E-state index in [2.05, 4.69) is 6.58 Å². The van der Waals surface area contributed by atoms with Gasteiger partial charge in [-0.15, -0.1) is 0 Å². The molecule has 3 saturated carbocycles. The molecule has 0 heterocycles. The van der Waals surface area contributed by atoms with Crippen molar-refractivity contribution in [3.05, 3.63) is 24.3 Å². The van der Waals surface area contributed by atoms with E-state index in [0.29, 0.717) is 18.3 Å². The van der Waals surface area contributed by atoms with Gasteiger partial charge in [0.1, 0.15) is 6.10 Å². The minimum atomic E-state index is -0.257. The number of carbonyl (C=O) groups is 2. The van der Waals surface area contributed by atoms with Gasteiger partial charge in [-0.25, -0.2) is 0 Å². The molecule has 3 nitrogen and oxygen atoms in total. The Labute approximate surface area is 107 Å². The maximum atomic E-state index is 11.6. The third-order valence-electron chi connectivity index (χ3n) is 4.92. The minimum Gasteiger partial charge on any atom is -0.457 e. The van der Waals surface area contributed by atoms with Crippen molar-refractivity contribution in [1.82, 2.24) is 0 Å². The number of hydrogen-bond acceptors (Lipinski definition) is 3. The lowest BCUT2D eigenvalue weighted by Gasteiger charge is -2.56. The van der Waals surface area contributed by atoms with Crippen LogP contribution in [-0.2, 0) is 14.3 Å². The molecular formula is C15H18O3. The fourth-order valence-corrected chi connectivity index (χ4v) is 4.04. The van der Waals surface area contributed by atoms with E-state index in [-0.39, 0.29) is 23.3 Å². The topological polar surface area (TPSA) is 43.4 Å². The highest BCUT2D eigenvalue weighted by atomic mass is 16.5. The molecule has 3 unspecified atom stereocenters. The standard InChI is InChI=1S/C15H18O3/c1-9-11-3-5-15(14(9)18-10(2)16)6-4-13(17)8-12(15)7-11/h4,6,11-12,14H,1,3,5,7-8H2,2H3/t11?,12?,14-,15?/m0/s1. The van der Waals surface area contributed by atoms with E-state index in [0.717, 1.165) is 24.8 Å². The van der Waals surface area contributed by atoms with Gasteiger partial charge in [-0.1, -0.05) is 12.7 Å². The summed E-state index contributed by atoms with van der Waals surface area (Å²) in [4.78, 5) is 22.9. The number of ether oxygens (including phenoxy) is 1. The number of rotatable bonds is 1. The quantitative estimate of drug-likeness (QED) is 0.527. The van der Waals surface area contributed by atoms with Crippen LogP contribution in [0.2, 0.25) is 0 Å². The van der Waals surface area contributed by atoms with Crippen molar-refractivity contribution in [3.63, 3.8) is 0 Å². The van der Waals surface area contributed by atoms with Crippen molar-refractivity contribution in [2.24, 2.45) is 17.3 Å². The molecule has 4 rings (SSSR count). The van der Waals surface area contributed by atoms with Crippen LogP contribution in [0.3, 0.4) is 0 Å². The van der Waals surface area contributed by atoms with Gasteiger partial charge in [-0.3, -0.25) is 9.59 Å². The number of hydrogen-bond donors (Lipinski definition) is 0. The molecule has 0 aliphatic heterocycles. The molecule has 0 saturated heterocycles. The van der Waals surface area contributed by atoms with E-state index >= 15 is 0 Å². The third kappa shape index (κ3) is 1.49. The lowest BCUT2D eigenvalue weighted by molar-refractivity contribution is -0.158. The van der Waals surface area contributed by atoms with E-state index in [1.807, 2.05) is 6.08 Å². The summed E-state index contributed by atoms with van der Waals surface area (Å²) in [6, 6.07) is 0. The van der Waals surface area contributed by atoms with E-state index in [1.54, 1.807) is 6.08 Å². The molecule has 0 aromatic heterocycles. The first-order chi connectivity index (χ1) is 8.53. The molecule has 0 amide bonds. The smallest absolute Gasteiger partial charge is 0.303 e. The molecular weight excluding hydrogens is 228 g/mol. The molecule has 18 heavy (non-hydrogen) atoms. The van der Waals surface area contributed by atoms with Crippen LogP contribution in [0.5, 0.6) is 0 Å². The van der Waals surface area contributed by atoms with Gasteiger partial charge in [0.05, 0.1) is 0 Å². The highest BCUT2D eigenvalue weighted by Gasteiger charge is 2.57. The predicted octanol–water partition coefficient (Wildman–Crippen LogP) is 2.42. The molecule has 0 aromatic rings. The van der Waals surface area contributed by atoms with Crippen molar-refractivity contribution in [2.75, 3.05) is 0 Å². The first-order valence-electron chi connectivity index (χ1n) is 6.61. The predicted molar refractivity (Wildman–Crippen MR) is 66.7 cm³/mol. The van der Waals surface area contributed by atoms with Crippen LogP contribution in [0.1, 0.15) is 32.6 Å². The zero-order valence-electron chi connectivity index (χ0n) is 10.6. The molecule has 0 aromatic carbocycles. The average molecular weight is 246 g/mol. The Morgan fingerprint density at radius 2 is 2.33 bits per heavy atom. The minimum absolute atomic E-state index is 0.161. The van der Waals surface area contributed by atoms with E-state index in [1.165, 1.54) is 6.92 Å². The lowest BCUT2D eigenvalue weighted by Crippen LogP contribution is -2.55. The summed E-state index contributed by atoms with van der Waals surface area (Å²) < 4.78 is 5.53. The Morgan fingerprint density at radius 3 is 3.06 bits per heavy atom. The van der Waals surface area contributed by atoms with Crippen LogP contribution in [0, 0.1) is 17.3 Å². The molecule has 4 aliphatic rings. The number of ketones is 1. The summed E-state index contributed by atoms with van der Waals surface area (Å²) in [5.41, 5.74) is 0.887. The van der Waals surface area contributed by atoms with Gasteiger partial charge >= 0.3 is 5.97 Å². The van der Waals surface area contributed by atoms with Gasteiger partial charge in [-0.2, -0.15) is 0 Å². The molecule has 96 valence electrons. The summed E-state index contributed by atoms with van der Waals surface area (Å²) in [6.07, 6.45) is 7.17. The van der Waals surface area contributed by atoms with Crippen LogP contribution in [0.25, 0.3) is 0 Å². The van der Waals surface area contributed by atoms with Crippen LogP contribution < -0.4 is 0 Å². The third-order valence-corrected chi connectivity index (χ3v) is 4.92. The molecule has 3 heteroatoms. The molecule has 3 fully saturated rings. The van der Waals surface area contributed by atoms with Gasteiger partial charge in [0.2, 0.25) is 0 Å². The molecule has 4 atom stereocenters. The normalized spacial score (nSPS) is 41.7. The number of esters is 1. The van der Waals surface area contributed by atoms with Gasteiger partial charge in [0.25, 0.3) is 0 Å². The molecule has 1 spiro atoms. The van der Waals surface area contributed by atoms with Gasteiger partial charge in [-0.05, 0) is 42.7 Å². The number of carbonyl (C=O) groups excluding carboxylic acids is 2. The zero-order chi connectivity index (χ0) is 12.9. The molecule has 4 aliphatic carbocycles. The Morgan fingerprint density at radius 1 is 1.56 bits per heavy atom. The van der Waals surface area contributed by atoms with Gasteiger partial charge in [0.15, 0.2) is 5.78 Å². The maximum absolute atomic E-state index is 11.6. The fraction of sp³-hybridized carbons (Fsp3) is 0.600. The monoisotopic (exact) mass is 246 g/mol. The van der Waals surface area contributed by atoms with Gasteiger partial charge < -0.3 is 4.74 Å². The lowest BCUT2D eigenvalue weighted by atomic mass is 9.50. The van der Waals surface area contributed by atoms with E-state index in [9.17, 15) is 9.59 Å². The van der Waals surface area contributed by atoms with Crippen LogP contribution in [-0.4, -0.2) is 17.9 Å². The molecule has 0 N–H and O–H groups in total. The Hall–Kier alpha value is -1.38. The first kappa shape index (κ1) is 11.7. The molecule has 0 radical (unpaired) electrons. The van der Waals surface area contributed by atoms with E-state index < -0.39 is 0 Å². The highest BCUT2D eigenvalue weighted by Crippen LogP contribution is 2.59. The summed E-state index contributed by atoms with van der Waals surface area (Å²) >= 11 is 0. The molecule has 2 bridgehead atoms. The summed E-state index contributed by atoms with van der Waals surface area (Å²) in [5, 5.41) is 0. The number of allylic oxidation sites excluding steroid dienone is 1. The number of fused-ring (bicyclic) bond motifs is 2. The van der Waals surface area contributed by atoms with Crippen molar-refractivity contribution in [3.8, 4) is 0 Å². The van der Waals surface area contributed by atoms with Crippen molar-refractivity contribution >= 4 is 11.8 Å². The summed E-state index contributed by atoms with van der Waals surface area (Å²) in [5.74, 6) is 0.682. The first-order valence-corrected chi connectivity index (χ1v) is 6.61. The van der Waals surface area contributed by atoms with Crippen molar-refractivity contribution in [1.29, 1.82) is 0 Å². The Balaban J connectivity index is 2.02. The average Bonchev–Trinajstić information content (AvgIpc) is 2.33. The summed E-state index contributed by atoms with van der Waals surface area (Å²) in [6.45, 7) is 5.58. The zero-order valence-corrected chi connectivity index (χ0v) is 10.6. The largest absolute Gasteiger partial charge is 0.457 e. The Bertz CT molecular complexity index is 462. The second kappa shape index (κ2) is 3.81. The van der Waals surface area contributed by atoms with Crippen molar-refractivity contribution < 1.29 is 14.3 Å². The Kier molecular flexibility index (Phi) is 2.47. The second-order valence-corrected chi connectivity index (χ2v) is 5.85. The summed E-state index contributed by atoms with van der Waals surface area (Å²) in [7, 11) is 0. The van der Waals surface area contributed by atoms with Crippen LogP contribution >= 0.6 is 0 Å². The van der Waals surface area contributed by atoms with Crippen LogP contribution in [0.4, 0.5) is 0 Å². The SMILES string of the molecule is C=C1C2CCC3(C=CC(=O)CC3C2)[C@H]1OC(C)=O. The van der Waals surface area contributed by atoms with Crippen LogP contribution in [0.15, 0.2) is 24.3 Å². The van der Waals surface area contributed by atoms with E-state index in [4.69, 9.17) is 4.74 Å². The van der Waals surface area contributed by atoms with Gasteiger partial charge in [0, 0.05) is 18.8 Å².